The lowest BCUT2D eigenvalue weighted by Gasteiger charge is -2.01. The summed E-state index contributed by atoms with van der Waals surface area (Å²) >= 11 is 6.05. The van der Waals surface area contributed by atoms with E-state index >= 15 is 0 Å². The summed E-state index contributed by atoms with van der Waals surface area (Å²) in [4.78, 5) is 0. The lowest BCUT2D eigenvalue weighted by Crippen LogP contribution is -1.92. The molecule has 19 heavy (non-hydrogen) atoms. The molecule has 0 bridgehead atoms. The van der Waals surface area contributed by atoms with Gasteiger partial charge < -0.3 is 4.57 Å². The Morgan fingerprint density at radius 2 is 1.84 bits per heavy atom. The number of halogens is 1. The van der Waals surface area contributed by atoms with Gasteiger partial charge in [-0.05, 0) is 29.1 Å². The molecule has 2 heteroatoms. The Morgan fingerprint density at radius 1 is 1.00 bits per heavy atom. The van der Waals surface area contributed by atoms with Crippen molar-refractivity contribution in [3.63, 3.8) is 0 Å². The zero-order chi connectivity index (χ0) is 13.1. The van der Waals surface area contributed by atoms with Crippen molar-refractivity contribution in [3.8, 4) is 0 Å². The number of fused-ring (bicyclic) bond motifs is 1. The molecule has 3 aromatic rings. The van der Waals surface area contributed by atoms with Gasteiger partial charge in [-0.1, -0.05) is 60.2 Å². The molecule has 0 aliphatic carbocycles. The van der Waals surface area contributed by atoms with Crippen LogP contribution >= 0.6 is 11.6 Å². The van der Waals surface area contributed by atoms with Crippen LogP contribution < -0.4 is 0 Å². The van der Waals surface area contributed by atoms with Gasteiger partial charge in [-0.3, -0.25) is 0 Å². The van der Waals surface area contributed by atoms with Gasteiger partial charge in [0, 0.05) is 23.3 Å². The van der Waals surface area contributed by atoms with E-state index in [1.165, 1.54) is 16.5 Å². The van der Waals surface area contributed by atoms with Crippen LogP contribution in [0.5, 0.6) is 0 Å². The van der Waals surface area contributed by atoms with Crippen LogP contribution in [0.4, 0.5) is 0 Å². The number of rotatable bonds is 3. The van der Waals surface area contributed by atoms with Crippen LogP contribution in [0.1, 0.15) is 5.56 Å². The van der Waals surface area contributed by atoms with Crippen LogP contribution in [0, 0.1) is 0 Å². The van der Waals surface area contributed by atoms with Crippen LogP contribution in [0.2, 0.25) is 5.02 Å². The van der Waals surface area contributed by atoms with Crippen LogP contribution in [-0.2, 0) is 6.54 Å². The fourth-order valence-electron chi connectivity index (χ4n) is 2.18. The Morgan fingerprint density at radius 3 is 2.68 bits per heavy atom. The molecule has 3 rings (SSSR count). The van der Waals surface area contributed by atoms with Crippen LogP contribution in [0.3, 0.4) is 0 Å². The van der Waals surface area contributed by atoms with E-state index in [-0.39, 0.29) is 0 Å². The first-order chi connectivity index (χ1) is 9.33. The van der Waals surface area contributed by atoms with E-state index < -0.39 is 0 Å². The van der Waals surface area contributed by atoms with Crippen molar-refractivity contribution in [1.29, 1.82) is 0 Å². The smallest absolute Gasteiger partial charge is 0.0498 e. The molecule has 0 saturated heterocycles. The number of benzene rings is 2. The van der Waals surface area contributed by atoms with E-state index in [0.29, 0.717) is 0 Å². The van der Waals surface area contributed by atoms with Gasteiger partial charge in [0.05, 0.1) is 0 Å². The zero-order valence-corrected chi connectivity index (χ0v) is 11.2. The third-order valence-corrected chi connectivity index (χ3v) is 3.38. The molecule has 0 unspecified atom stereocenters. The molecule has 2 aromatic carbocycles. The molecular formula is C17H14ClN. The van der Waals surface area contributed by atoms with Crippen molar-refractivity contribution >= 4 is 28.6 Å². The van der Waals surface area contributed by atoms with Gasteiger partial charge in [0.15, 0.2) is 0 Å². The molecule has 1 heterocycles. The summed E-state index contributed by atoms with van der Waals surface area (Å²) in [7, 11) is 0. The van der Waals surface area contributed by atoms with E-state index in [1.807, 2.05) is 30.3 Å². The Labute approximate surface area is 117 Å². The van der Waals surface area contributed by atoms with Gasteiger partial charge in [-0.2, -0.15) is 0 Å². The van der Waals surface area contributed by atoms with Gasteiger partial charge in [0.1, 0.15) is 0 Å². The lowest BCUT2D eigenvalue weighted by molar-refractivity contribution is 0.866. The van der Waals surface area contributed by atoms with E-state index in [1.54, 1.807) is 0 Å². The molecular weight excluding hydrogens is 254 g/mol. The summed E-state index contributed by atoms with van der Waals surface area (Å²) < 4.78 is 2.20. The van der Waals surface area contributed by atoms with Crippen LogP contribution in [0.15, 0.2) is 66.9 Å². The molecule has 0 N–H and O–H groups in total. The van der Waals surface area contributed by atoms with Crippen molar-refractivity contribution in [3.05, 3.63) is 77.5 Å². The van der Waals surface area contributed by atoms with Gasteiger partial charge in [0.2, 0.25) is 0 Å². The first-order valence-corrected chi connectivity index (χ1v) is 6.67. The summed E-state index contributed by atoms with van der Waals surface area (Å²) in [5.41, 5.74) is 2.39. The first kappa shape index (κ1) is 12.1. The number of nitrogens with zero attached hydrogens (tertiary/aromatic N) is 1. The summed E-state index contributed by atoms with van der Waals surface area (Å²) in [6.07, 6.45) is 6.39. The van der Waals surface area contributed by atoms with Crippen molar-refractivity contribution in [2.24, 2.45) is 0 Å². The quantitative estimate of drug-likeness (QED) is 0.629. The molecule has 0 saturated carbocycles. The molecule has 0 aliphatic rings. The highest BCUT2D eigenvalue weighted by Crippen LogP contribution is 2.20. The molecule has 0 amide bonds. The topological polar surface area (TPSA) is 4.93 Å². The third-order valence-electron chi connectivity index (χ3n) is 3.15. The average molecular weight is 268 g/mol. The lowest BCUT2D eigenvalue weighted by atomic mass is 10.2. The maximum Gasteiger partial charge on any atom is 0.0498 e. The van der Waals surface area contributed by atoms with Crippen molar-refractivity contribution < 1.29 is 0 Å². The van der Waals surface area contributed by atoms with E-state index in [4.69, 9.17) is 11.6 Å². The normalized spacial score (nSPS) is 11.4. The van der Waals surface area contributed by atoms with Gasteiger partial charge in [-0.15, -0.1) is 0 Å². The predicted molar refractivity (Wildman–Crippen MR) is 82.4 cm³/mol. The van der Waals surface area contributed by atoms with E-state index in [0.717, 1.165) is 11.6 Å². The largest absolute Gasteiger partial charge is 0.344 e. The molecule has 94 valence electrons. The van der Waals surface area contributed by atoms with Crippen LogP contribution in [-0.4, -0.2) is 4.57 Å². The van der Waals surface area contributed by atoms with Gasteiger partial charge >= 0.3 is 0 Å². The van der Waals surface area contributed by atoms with E-state index in [9.17, 15) is 0 Å². The second kappa shape index (κ2) is 5.33. The Hall–Kier alpha value is -1.99. The van der Waals surface area contributed by atoms with E-state index in [2.05, 4.69) is 47.2 Å². The van der Waals surface area contributed by atoms with Crippen molar-refractivity contribution in [2.45, 2.75) is 6.54 Å². The molecule has 0 fully saturated rings. The summed E-state index contributed by atoms with van der Waals surface area (Å²) in [6, 6.07) is 18.4. The SMILES string of the molecule is Clc1ccc2ccn(C/C=C/c3ccccc3)c2c1. The summed E-state index contributed by atoms with van der Waals surface area (Å²) in [5.74, 6) is 0. The molecule has 1 nitrogen and oxygen atoms in total. The molecule has 0 atom stereocenters. The number of aromatic nitrogens is 1. The monoisotopic (exact) mass is 267 g/mol. The molecule has 0 aliphatic heterocycles. The minimum atomic E-state index is 0.777. The second-order valence-electron chi connectivity index (χ2n) is 4.48. The minimum absolute atomic E-state index is 0.777. The number of hydrogen-bond donors (Lipinski definition) is 0. The maximum atomic E-state index is 6.05. The summed E-state index contributed by atoms with van der Waals surface area (Å²) in [5, 5.41) is 2.00. The second-order valence-corrected chi connectivity index (χ2v) is 4.92. The Balaban J connectivity index is 1.82. The number of allylic oxidation sites excluding steroid dienone is 1. The molecule has 1 aromatic heterocycles. The Kier molecular flexibility index (Phi) is 3.39. The van der Waals surface area contributed by atoms with Gasteiger partial charge in [0.25, 0.3) is 0 Å². The highest BCUT2D eigenvalue weighted by atomic mass is 35.5. The number of hydrogen-bond acceptors (Lipinski definition) is 0. The molecule has 0 radical (unpaired) electrons. The van der Waals surface area contributed by atoms with Crippen molar-refractivity contribution in [2.75, 3.05) is 0 Å². The van der Waals surface area contributed by atoms with Gasteiger partial charge in [-0.25, -0.2) is 0 Å². The average Bonchev–Trinajstić information content (AvgIpc) is 2.83. The first-order valence-electron chi connectivity index (χ1n) is 6.29. The fraction of sp³-hybridized carbons (Fsp3) is 0.0588. The highest BCUT2D eigenvalue weighted by Gasteiger charge is 1.99. The highest BCUT2D eigenvalue weighted by molar-refractivity contribution is 6.31. The molecule has 0 spiro atoms. The Bertz CT molecular complexity index is 710. The standard InChI is InChI=1S/C17H14ClN/c18-16-9-8-15-10-12-19(17(15)13-16)11-4-7-14-5-2-1-3-6-14/h1-10,12-13H,11H2/b7-4+. The predicted octanol–water partition coefficient (Wildman–Crippen LogP) is 5.01. The summed E-state index contributed by atoms with van der Waals surface area (Å²) in [6.45, 7) is 0.846. The van der Waals surface area contributed by atoms with Crippen molar-refractivity contribution in [1.82, 2.24) is 4.57 Å². The zero-order valence-electron chi connectivity index (χ0n) is 10.5. The fourth-order valence-corrected chi connectivity index (χ4v) is 2.35. The van der Waals surface area contributed by atoms with Crippen LogP contribution in [0.25, 0.3) is 17.0 Å². The third kappa shape index (κ3) is 2.72. The maximum absolute atomic E-state index is 6.05. The minimum Gasteiger partial charge on any atom is -0.344 e.